The lowest BCUT2D eigenvalue weighted by molar-refractivity contribution is 0.236. The maximum absolute atomic E-state index is 5.65. The van der Waals surface area contributed by atoms with Gasteiger partial charge in [-0.1, -0.05) is 37.6 Å². The lowest BCUT2D eigenvalue weighted by Gasteiger charge is -2.25. The molecule has 1 aromatic carbocycles. The molecular weight excluding hydrogens is 208 g/mol. The largest absolute Gasteiger partial charge is 0.330 e. The zero-order valence-corrected chi connectivity index (χ0v) is 11.4. The van der Waals surface area contributed by atoms with Crippen LogP contribution in [0, 0.1) is 0 Å². The van der Waals surface area contributed by atoms with E-state index < -0.39 is 0 Å². The van der Waals surface area contributed by atoms with Gasteiger partial charge in [-0.05, 0) is 44.5 Å². The molecule has 2 N–H and O–H groups in total. The first-order valence-corrected chi connectivity index (χ1v) is 6.66. The van der Waals surface area contributed by atoms with Crippen molar-refractivity contribution >= 4 is 0 Å². The van der Waals surface area contributed by atoms with Crippen LogP contribution in [0.25, 0.3) is 0 Å². The van der Waals surface area contributed by atoms with Gasteiger partial charge in [0.15, 0.2) is 0 Å². The molecule has 0 radical (unpaired) electrons. The minimum Gasteiger partial charge on any atom is -0.330 e. The first kappa shape index (κ1) is 14.2. The average molecular weight is 234 g/mol. The van der Waals surface area contributed by atoms with Gasteiger partial charge in [0.1, 0.15) is 0 Å². The summed E-state index contributed by atoms with van der Waals surface area (Å²) in [4.78, 5) is 2.43. The van der Waals surface area contributed by atoms with Gasteiger partial charge in [-0.2, -0.15) is 0 Å². The molecule has 0 aliphatic rings. The third-order valence-electron chi connectivity index (χ3n) is 3.41. The molecule has 0 saturated carbocycles. The van der Waals surface area contributed by atoms with Crippen molar-refractivity contribution in [3.8, 4) is 0 Å². The summed E-state index contributed by atoms with van der Waals surface area (Å²) in [6, 6.07) is 9.28. The maximum Gasteiger partial charge on any atom is 0.0236 e. The Morgan fingerprint density at radius 2 is 1.88 bits per heavy atom. The highest BCUT2D eigenvalue weighted by Crippen LogP contribution is 2.14. The molecule has 1 aromatic rings. The van der Waals surface area contributed by atoms with E-state index in [2.05, 4.69) is 50.1 Å². The van der Waals surface area contributed by atoms with Crippen LogP contribution >= 0.6 is 0 Å². The first-order chi connectivity index (χ1) is 8.19. The fourth-order valence-electron chi connectivity index (χ4n) is 2.17. The molecule has 17 heavy (non-hydrogen) atoms. The predicted octanol–water partition coefficient (Wildman–Crippen LogP) is 2.81. The summed E-state index contributed by atoms with van der Waals surface area (Å²) in [6.07, 6.45) is 3.48. The molecule has 96 valence electrons. The van der Waals surface area contributed by atoms with Crippen LogP contribution in [0.15, 0.2) is 24.3 Å². The van der Waals surface area contributed by atoms with E-state index in [0.29, 0.717) is 6.04 Å². The Labute approximate surface area is 106 Å². The van der Waals surface area contributed by atoms with Crippen molar-refractivity contribution in [3.05, 3.63) is 35.4 Å². The summed E-state index contributed by atoms with van der Waals surface area (Å²) in [5, 5.41) is 0. The van der Waals surface area contributed by atoms with Crippen molar-refractivity contribution in [2.45, 2.75) is 45.7 Å². The molecule has 0 bridgehead atoms. The second kappa shape index (κ2) is 7.46. The van der Waals surface area contributed by atoms with Crippen LogP contribution < -0.4 is 5.73 Å². The van der Waals surface area contributed by atoms with Crippen LogP contribution in [0.3, 0.4) is 0 Å². The number of nitrogens with zero attached hydrogens (tertiary/aromatic N) is 1. The van der Waals surface area contributed by atoms with Crippen LogP contribution in [-0.2, 0) is 13.0 Å². The van der Waals surface area contributed by atoms with E-state index in [1.54, 1.807) is 0 Å². The highest BCUT2D eigenvalue weighted by atomic mass is 15.1. The van der Waals surface area contributed by atoms with Gasteiger partial charge in [0.05, 0.1) is 0 Å². The van der Waals surface area contributed by atoms with Gasteiger partial charge < -0.3 is 5.73 Å². The van der Waals surface area contributed by atoms with Gasteiger partial charge in [-0.15, -0.1) is 0 Å². The van der Waals surface area contributed by atoms with E-state index in [4.69, 9.17) is 5.73 Å². The summed E-state index contributed by atoms with van der Waals surface area (Å²) in [6.45, 7) is 6.30. The third kappa shape index (κ3) is 4.49. The number of rotatable bonds is 7. The van der Waals surface area contributed by atoms with Crippen molar-refractivity contribution < 1.29 is 0 Å². The zero-order valence-electron chi connectivity index (χ0n) is 11.4. The van der Waals surface area contributed by atoms with Gasteiger partial charge in [0.25, 0.3) is 0 Å². The fourth-order valence-corrected chi connectivity index (χ4v) is 2.17. The zero-order chi connectivity index (χ0) is 12.7. The topological polar surface area (TPSA) is 29.3 Å². The van der Waals surface area contributed by atoms with Gasteiger partial charge in [-0.3, -0.25) is 4.90 Å². The van der Waals surface area contributed by atoms with E-state index in [1.165, 1.54) is 24.0 Å². The lowest BCUT2D eigenvalue weighted by atomic mass is 10.0. The van der Waals surface area contributed by atoms with Crippen LogP contribution in [-0.4, -0.2) is 24.5 Å². The van der Waals surface area contributed by atoms with E-state index in [1.807, 2.05) is 0 Å². The Bertz CT molecular complexity index is 322. The lowest BCUT2D eigenvalue weighted by Crippen LogP contribution is -2.28. The Hall–Kier alpha value is -0.860. The van der Waals surface area contributed by atoms with Gasteiger partial charge in [0.2, 0.25) is 0 Å². The fraction of sp³-hybridized carbons (Fsp3) is 0.600. The van der Waals surface area contributed by atoms with Crippen LogP contribution in [0.1, 0.15) is 37.8 Å². The highest BCUT2D eigenvalue weighted by Gasteiger charge is 2.10. The molecule has 2 heteroatoms. The molecule has 0 saturated heterocycles. The summed E-state index contributed by atoms with van der Waals surface area (Å²) < 4.78 is 0. The van der Waals surface area contributed by atoms with E-state index in [-0.39, 0.29) is 0 Å². The Morgan fingerprint density at radius 3 is 2.47 bits per heavy atom. The molecular formula is C15H26N2. The molecule has 0 spiro atoms. The first-order valence-electron chi connectivity index (χ1n) is 6.66. The second-order valence-electron chi connectivity index (χ2n) is 4.86. The van der Waals surface area contributed by atoms with Crippen molar-refractivity contribution in [1.29, 1.82) is 0 Å². The monoisotopic (exact) mass is 234 g/mol. The normalized spacial score (nSPS) is 13.0. The number of hydrogen-bond acceptors (Lipinski definition) is 2. The molecule has 2 nitrogen and oxygen atoms in total. The van der Waals surface area contributed by atoms with E-state index in [9.17, 15) is 0 Å². The quantitative estimate of drug-likeness (QED) is 0.786. The van der Waals surface area contributed by atoms with Gasteiger partial charge in [-0.25, -0.2) is 0 Å². The molecule has 0 aliphatic heterocycles. The number of benzene rings is 1. The van der Waals surface area contributed by atoms with Crippen molar-refractivity contribution in [3.63, 3.8) is 0 Å². The number of nitrogens with two attached hydrogens (primary N) is 1. The minimum absolute atomic E-state index is 0.644. The van der Waals surface area contributed by atoms with Crippen LogP contribution in [0.2, 0.25) is 0 Å². The molecule has 0 amide bonds. The summed E-state index contributed by atoms with van der Waals surface area (Å²) in [5.41, 5.74) is 8.47. The van der Waals surface area contributed by atoms with E-state index >= 15 is 0 Å². The summed E-state index contributed by atoms with van der Waals surface area (Å²) >= 11 is 0. The predicted molar refractivity (Wildman–Crippen MR) is 75.0 cm³/mol. The minimum atomic E-state index is 0.644. The van der Waals surface area contributed by atoms with E-state index in [0.717, 1.165) is 19.5 Å². The van der Waals surface area contributed by atoms with Gasteiger partial charge >= 0.3 is 0 Å². The SMILES string of the molecule is CCCC(C)N(C)Cc1ccccc1CCN. The molecule has 0 fully saturated rings. The molecule has 1 atom stereocenters. The molecule has 0 aliphatic carbocycles. The number of hydrogen-bond donors (Lipinski definition) is 1. The van der Waals surface area contributed by atoms with Crippen LogP contribution in [0.5, 0.6) is 0 Å². The third-order valence-corrected chi connectivity index (χ3v) is 3.41. The Morgan fingerprint density at radius 1 is 1.24 bits per heavy atom. The summed E-state index contributed by atoms with van der Waals surface area (Å²) in [7, 11) is 2.21. The Balaban J connectivity index is 2.66. The van der Waals surface area contributed by atoms with Crippen molar-refractivity contribution in [2.24, 2.45) is 5.73 Å². The molecule has 0 heterocycles. The highest BCUT2D eigenvalue weighted by molar-refractivity contribution is 5.27. The molecule has 0 aromatic heterocycles. The second-order valence-corrected chi connectivity index (χ2v) is 4.86. The summed E-state index contributed by atoms with van der Waals surface area (Å²) in [5.74, 6) is 0. The van der Waals surface area contributed by atoms with Crippen molar-refractivity contribution in [2.75, 3.05) is 13.6 Å². The van der Waals surface area contributed by atoms with Gasteiger partial charge in [0, 0.05) is 12.6 Å². The molecule has 1 unspecified atom stereocenters. The standard InChI is InChI=1S/C15H26N2/c1-4-7-13(2)17(3)12-15-9-6-5-8-14(15)10-11-16/h5-6,8-9,13H,4,7,10-12,16H2,1-3H3. The smallest absolute Gasteiger partial charge is 0.0236 e. The van der Waals surface area contributed by atoms with Crippen LogP contribution in [0.4, 0.5) is 0 Å². The average Bonchev–Trinajstić information content (AvgIpc) is 2.32. The maximum atomic E-state index is 5.65. The Kier molecular flexibility index (Phi) is 6.23. The molecule has 1 rings (SSSR count). The van der Waals surface area contributed by atoms with Crippen molar-refractivity contribution in [1.82, 2.24) is 4.90 Å².